The predicted molar refractivity (Wildman–Crippen MR) is 103 cm³/mol. The van der Waals surface area contributed by atoms with Crippen molar-refractivity contribution < 1.29 is 49.0 Å². The highest BCUT2D eigenvalue weighted by Crippen LogP contribution is 2.39. The zero-order valence-electron chi connectivity index (χ0n) is 17.4. The lowest BCUT2D eigenvalue weighted by Gasteiger charge is -2.27. The lowest BCUT2D eigenvalue weighted by Crippen LogP contribution is -2.42. The largest absolute Gasteiger partial charge is 0.433 e. The van der Waals surface area contributed by atoms with Crippen molar-refractivity contribution in [3.05, 3.63) is 58.7 Å². The lowest BCUT2D eigenvalue weighted by molar-refractivity contribution is -0.212. The Morgan fingerprint density at radius 2 is 1.42 bits per heavy atom. The van der Waals surface area contributed by atoms with Crippen molar-refractivity contribution >= 4 is 17.3 Å². The van der Waals surface area contributed by atoms with Crippen LogP contribution in [0.25, 0.3) is 0 Å². The summed E-state index contributed by atoms with van der Waals surface area (Å²) in [6, 6.07) is 6.44. The van der Waals surface area contributed by atoms with Crippen LogP contribution in [0, 0.1) is 22.7 Å². The molecule has 2 atom stereocenters. The van der Waals surface area contributed by atoms with E-state index in [1.807, 2.05) is 5.32 Å². The summed E-state index contributed by atoms with van der Waals surface area (Å²) >= 11 is 0. The van der Waals surface area contributed by atoms with Crippen LogP contribution >= 0.6 is 0 Å². The molecule has 1 N–H and O–H groups in total. The number of benzene rings is 2. The molecule has 0 saturated carbocycles. The van der Waals surface area contributed by atoms with E-state index in [1.165, 1.54) is 12.1 Å². The number of alkyl halides is 9. The average Bonchev–Trinajstić information content (AvgIpc) is 3.24. The van der Waals surface area contributed by atoms with Crippen molar-refractivity contribution in [2.75, 3.05) is 16.8 Å². The maximum absolute atomic E-state index is 13.6. The quantitative estimate of drug-likeness (QED) is 0.560. The summed E-state index contributed by atoms with van der Waals surface area (Å²) < 4.78 is 125. The number of amides is 1. The van der Waals surface area contributed by atoms with Crippen LogP contribution in [0.1, 0.15) is 22.3 Å². The average molecular weight is 522 g/mol. The van der Waals surface area contributed by atoms with Gasteiger partial charge in [0, 0.05) is 11.4 Å². The van der Waals surface area contributed by atoms with Crippen LogP contribution in [0.15, 0.2) is 36.4 Å². The third kappa shape index (κ3) is 5.46. The van der Waals surface area contributed by atoms with Gasteiger partial charge in [-0.05, 0) is 36.4 Å². The summed E-state index contributed by atoms with van der Waals surface area (Å²) in [6.45, 7) is -0.915. The van der Waals surface area contributed by atoms with Crippen LogP contribution in [-0.4, -0.2) is 31.0 Å². The van der Waals surface area contributed by atoms with Gasteiger partial charge in [-0.1, -0.05) is 0 Å². The van der Waals surface area contributed by atoms with Crippen LogP contribution in [0.3, 0.4) is 0 Å². The molecule has 2 aromatic rings. The Morgan fingerprint density at radius 3 is 1.92 bits per heavy atom. The van der Waals surface area contributed by atoms with Gasteiger partial charge < -0.3 is 15.0 Å². The molecule has 1 fully saturated rings. The molecule has 190 valence electrons. The van der Waals surface area contributed by atoms with Crippen molar-refractivity contribution in [3.63, 3.8) is 0 Å². The Labute approximate surface area is 196 Å². The van der Waals surface area contributed by atoms with Crippen LogP contribution in [0.2, 0.25) is 0 Å². The number of carbonyl (C=O) groups excluding carboxylic acids is 1. The molecular formula is C21H11F9N4O2. The number of ether oxygens (including phenoxy) is 1. The summed E-state index contributed by atoms with van der Waals surface area (Å²) in [5.74, 6) is -1.31. The highest BCUT2D eigenvalue weighted by atomic mass is 19.4. The molecule has 0 bridgehead atoms. The molecule has 0 aliphatic carbocycles. The van der Waals surface area contributed by atoms with Gasteiger partial charge in [0.15, 0.2) is 6.10 Å². The Kier molecular flexibility index (Phi) is 6.83. The highest BCUT2D eigenvalue weighted by Gasteiger charge is 2.52. The molecule has 1 heterocycles. The van der Waals surface area contributed by atoms with E-state index in [4.69, 9.17) is 15.3 Å². The molecular weight excluding hydrogens is 511 g/mol. The van der Waals surface area contributed by atoms with E-state index >= 15 is 0 Å². The van der Waals surface area contributed by atoms with Crippen LogP contribution < -0.4 is 10.2 Å². The normalized spacial score (nSPS) is 18.5. The summed E-state index contributed by atoms with van der Waals surface area (Å²) in [7, 11) is 0. The Balaban J connectivity index is 1.91. The van der Waals surface area contributed by atoms with Gasteiger partial charge in [-0.15, -0.1) is 0 Å². The number of anilines is 2. The Morgan fingerprint density at radius 1 is 0.889 bits per heavy atom. The maximum atomic E-state index is 13.6. The van der Waals surface area contributed by atoms with Gasteiger partial charge in [0.25, 0.3) is 5.91 Å². The zero-order valence-corrected chi connectivity index (χ0v) is 17.4. The summed E-state index contributed by atoms with van der Waals surface area (Å²) in [5, 5.41) is 19.6. The molecule has 15 heteroatoms. The molecule has 0 spiro atoms. The molecule has 3 rings (SSSR count). The molecule has 6 nitrogen and oxygen atoms in total. The van der Waals surface area contributed by atoms with Gasteiger partial charge >= 0.3 is 18.5 Å². The first-order chi connectivity index (χ1) is 16.6. The fourth-order valence-electron chi connectivity index (χ4n) is 3.41. The van der Waals surface area contributed by atoms with E-state index in [0.717, 1.165) is 18.2 Å². The molecule has 0 unspecified atom stereocenters. The minimum atomic E-state index is -5.18. The van der Waals surface area contributed by atoms with Crippen molar-refractivity contribution in [1.82, 2.24) is 0 Å². The van der Waals surface area contributed by atoms with Gasteiger partial charge in [-0.3, -0.25) is 4.79 Å². The number of halogens is 9. The van der Waals surface area contributed by atoms with Gasteiger partial charge in [0.2, 0.25) is 6.23 Å². The number of rotatable bonds is 3. The summed E-state index contributed by atoms with van der Waals surface area (Å²) in [4.78, 5) is 12.8. The van der Waals surface area contributed by atoms with E-state index in [0.29, 0.717) is 23.1 Å². The molecule has 0 radical (unpaired) electrons. The Hall–Kier alpha value is -3.98. The lowest BCUT2D eigenvalue weighted by atomic mass is 10.1. The number of nitrogens with zero attached hydrogens (tertiary/aromatic N) is 3. The smallest absolute Gasteiger partial charge is 0.335 e. The second-order valence-electron chi connectivity index (χ2n) is 7.37. The van der Waals surface area contributed by atoms with Gasteiger partial charge in [-0.2, -0.15) is 50.0 Å². The summed E-state index contributed by atoms with van der Waals surface area (Å²) in [6.07, 6.45) is -20.0. The van der Waals surface area contributed by atoms with E-state index in [1.54, 1.807) is 0 Å². The monoisotopic (exact) mass is 522 g/mol. The predicted octanol–water partition coefficient (Wildman–Crippen LogP) is 5.20. The van der Waals surface area contributed by atoms with Crippen LogP contribution in [-0.2, 0) is 21.9 Å². The molecule has 36 heavy (non-hydrogen) atoms. The minimum Gasteiger partial charge on any atom is -0.335 e. The van der Waals surface area contributed by atoms with Gasteiger partial charge in [-0.25, -0.2) is 0 Å². The first kappa shape index (κ1) is 26.6. The topological polar surface area (TPSA) is 89.2 Å². The van der Waals surface area contributed by atoms with Crippen molar-refractivity contribution in [3.8, 4) is 12.1 Å². The highest BCUT2D eigenvalue weighted by molar-refractivity contribution is 5.95. The van der Waals surface area contributed by atoms with E-state index in [9.17, 15) is 44.3 Å². The first-order valence-corrected chi connectivity index (χ1v) is 9.58. The third-order valence-corrected chi connectivity index (χ3v) is 4.98. The van der Waals surface area contributed by atoms with Gasteiger partial charge in [0.05, 0.1) is 40.9 Å². The Bertz CT molecular complexity index is 1260. The minimum absolute atomic E-state index is 0.303. The molecule has 2 aromatic carbocycles. The van der Waals surface area contributed by atoms with Crippen molar-refractivity contribution in [2.24, 2.45) is 0 Å². The molecule has 1 aliphatic rings. The van der Waals surface area contributed by atoms with E-state index in [2.05, 4.69) is 0 Å². The SMILES string of the molecule is N#Cc1ccc(NC(=O)[C@@H]2CN(c3ccc(C#N)c(C(F)(F)F)c3)[C@@H](C(F)(F)F)O2)cc1C(F)(F)F. The second kappa shape index (κ2) is 9.23. The summed E-state index contributed by atoms with van der Waals surface area (Å²) in [5.41, 5.74) is -5.67. The van der Waals surface area contributed by atoms with Crippen molar-refractivity contribution in [2.45, 2.75) is 30.9 Å². The first-order valence-electron chi connectivity index (χ1n) is 9.58. The number of nitrogens with one attached hydrogen (secondary N) is 1. The standard InChI is InChI=1S/C21H11F9N4O2/c22-19(23,24)14-5-12(3-1-10(14)7-31)33-17(35)16-9-34(18(36-16)21(28,29)30)13-4-2-11(8-32)15(6-13)20(25,26)27/h1-6,16,18H,9H2,(H,33,35)/t16-,18+/m0/s1. The fraction of sp³-hybridized carbons (Fsp3) is 0.286. The molecule has 1 amide bonds. The molecule has 1 saturated heterocycles. The molecule has 1 aliphatic heterocycles. The number of hydrogen-bond donors (Lipinski definition) is 1. The fourth-order valence-corrected chi connectivity index (χ4v) is 3.41. The van der Waals surface area contributed by atoms with E-state index < -0.39 is 76.9 Å². The van der Waals surface area contributed by atoms with E-state index in [-0.39, 0.29) is 0 Å². The van der Waals surface area contributed by atoms with Gasteiger partial charge in [0.1, 0.15) is 0 Å². The number of hydrogen-bond acceptors (Lipinski definition) is 5. The number of carbonyl (C=O) groups is 1. The maximum Gasteiger partial charge on any atom is 0.433 e. The zero-order chi connectivity index (χ0) is 27.1. The number of nitriles is 2. The van der Waals surface area contributed by atoms with Crippen molar-refractivity contribution in [1.29, 1.82) is 10.5 Å². The molecule has 0 aromatic heterocycles. The second-order valence-corrected chi connectivity index (χ2v) is 7.37. The third-order valence-electron chi connectivity index (χ3n) is 4.98. The van der Waals surface area contributed by atoms with Crippen LogP contribution in [0.4, 0.5) is 50.9 Å². The van der Waals surface area contributed by atoms with Crippen LogP contribution in [0.5, 0.6) is 0 Å².